The number of aliphatic hydroxyl groups is 1. The SMILES string of the molecule is C[C](O)C1C#CC#C1. The van der Waals surface area contributed by atoms with Crippen molar-refractivity contribution in [1.82, 2.24) is 0 Å². The summed E-state index contributed by atoms with van der Waals surface area (Å²) in [6.45, 7) is 1.61. The highest BCUT2D eigenvalue weighted by atomic mass is 16.3. The van der Waals surface area contributed by atoms with Crippen molar-refractivity contribution in [2.75, 3.05) is 0 Å². The third kappa shape index (κ3) is 0.832. The molecule has 1 rings (SSSR count). The minimum Gasteiger partial charge on any atom is -0.385 e. The molecule has 0 aromatic rings. The third-order valence-corrected chi connectivity index (χ3v) is 0.913. The van der Waals surface area contributed by atoms with E-state index in [1.54, 1.807) is 6.92 Å². The smallest absolute Gasteiger partial charge is 0.117 e. The predicted octanol–water partition coefficient (Wildman–Crippen LogP) is 0.547. The summed E-state index contributed by atoms with van der Waals surface area (Å²) in [7, 11) is 0. The van der Waals surface area contributed by atoms with E-state index in [1.807, 2.05) is 0 Å². The molecule has 1 heteroatoms. The Kier molecular flexibility index (Phi) is 1.24. The van der Waals surface area contributed by atoms with Crippen molar-refractivity contribution in [3.05, 3.63) is 6.10 Å². The lowest BCUT2D eigenvalue weighted by atomic mass is 10.1. The second kappa shape index (κ2) is 1.90. The summed E-state index contributed by atoms with van der Waals surface area (Å²) >= 11 is 0. The molecular weight excluding hydrogens is 100 g/mol. The minimum atomic E-state index is -0.185. The van der Waals surface area contributed by atoms with E-state index in [0.29, 0.717) is 6.10 Å². The van der Waals surface area contributed by atoms with Crippen LogP contribution in [0.25, 0.3) is 0 Å². The van der Waals surface area contributed by atoms with Gasteiger partial charge in [0.15, 0.2) is 0 Å². The van der Waals surface area contributed by atoms with Crippen molar-refractivity contribution >= 4 is 0 Å². The van der Waals surface area contributed by atoms with Gasteiger partial charge in [0.2, 0.25) is 0 Å². The van der Waals surface area contributed by atoms with E-state index in [9.17, 15) is 0 Å². The maximum absolute atomic E-state index is 8.76. The predicted molar refractivity (Wildman–Crippen MR) is 29.9 cm³/mol. The fraction of sp³-hybridized carbons (Fsp3) is 0.286. The van der Waals surface area contributed by atoms with Gasteiger partial charge in [-0.1, -0.05) is 11.8 Å². The molecule has 0 aromatic heterocycles. The highest BCUT2D eigenvalue weighted by Crippen LogP contribution is 2.08. The monoisotopic (exact) mass is 105 g/mol. The van der Waals surface area contributed by atoms with Crippen LogP contribution in [0.3, 0.4) is 0 Å². The molecule has 1 N–H and O–H groups in total. The average Bonchev–Trinajstić information content (AvgIpc) is 2.12. The van der Waals surface area contributed by atoms with E-state index < -0.39 is 0 Å². The maximum Gasteiger partial charge on any atom is 0.117 e. The van der Waals surface area contributed by atoms with E-state index in [4.69, 9.17) is 5.11 Å². The van der Waals surface area contributed by atoms with Gasteiger partial charge in [0.25, 0.3) is 0 Å². The average molecular weight is 105 g/mol. The molecule has 39 valence electrons. The molecule has 1 aliphatic rings. The zero-order chi connectivity index (χ0) is 5.98. The van der Waals surface area contributed by atoms with E-state index in [-0.39, 0.29) is 5.92 Å². The van der Waals surface area contributed by atoms with E-state index >= 15 is 0 Å². The first-order chi connectivity index (χ1) is 3.80. The van der Waals surface area contributed by atoms with Crippen molar-refractivity contribution < 1.29 is 5.11 Å². The van der Waals surface area contributed by atoms with Crippen LogP contribution < -0.4 is 0 Å². The molecule has 0 saturated carbocycles. The largest absolute Gasteiger partial charge is 0.385 e. The fourth-order valence-electron chi connectivity index (χ4n) is 0.461. The Morgan fingerprint density at radius 3 is 2.12 bits per heavy atom. The molecule has 1 aliphatic carbocycles. The highest BCUT2D eigenvalue weighted by Gasteiger charge is 2.10. The summed E-state index contributed by atoms with van der Waals surface area (Å²) < 4.78 is 0. The van der Waals surface area contributed by atoms with Gasteiger partial charge in [-0.25, -0.2) is 0 Å². The van der Waals surface area contributed by atoms with Gasteiger partial charge in [-0.15, -0.1) is 0 Å². The van der Waals surface area contributed by atoms with Crippen LogP contribution in [0.4, 0.5) is 0 Å². The Hall–Kier alpha value is -0.920. The summed E-state index contributed by atoms with van der Waals surface area (Å²) in [5, 5.41) is 8.76. The first kappa shape index (κ1) is 5.22. The van der Waals surface area contributed by atoms with Crippen LogP contribution in [0, 0.1) is 35.7 Å². The number of hydrogen-bond donors (Lipinski definition) is 1. The molecule has 0 unspecified atom stereocenters. The van der Waals surface area contributed by atoms with Crippen LogP contribution in [0.2, 0.25) is 0 Å². The molecule has 0 fully saturated rings. The topological polar surface area (TPSA) is 20.2 Å². The van der Waals surface area contributed by atoms with Gasteiger partial charge in [0.05, 0.1) is 0 Å². The van der Waals surface area contributed by atoms with Crippen LogP contribution in [-0.2, 0) is 0 Å². The van der Waals surface area contributed by atoms with Crippen molar-refractivity contribution in [3.8, 4) is 23.7 Å². The molecule has 0 atom stereocenters. The molecule has 0 aromatic carbocycles. The van der Waals surface area contributed by atoms with Gasteiger partial charge < -0.3 is 5.11 Å². The van der Waals surface area contributed by atoms with Crippen LogP contribution in [0.1, 0.15) is 6.92 Å². The molecule has 0 bridgehead atoms. The van der Waals surface area contributed by atoms with E-state index in [0.717, 1.165) is 0 Å². The lowest BCUT2D eigenvalue weighted by molar-refractivity contribution is 0.289. The second-order valence-corrected chi connectivity index (χ2v) is 1.61. The molecule has 0 aliphatic heterocycles. The summed E-state index contributed by atoms with van der Waals surface area (Å²) in [4.78, 5) is 0. The van der Waals surface area contributed by atoms with Crippen molar-refractivity contribution in [3.63, 3.8) is 0 Å². The normalized spacial score (nSPS) is 14.9. The standard InChI is InChI=1S/C7H5O/c1-6(8)7-4-2-3-5-7/h7-8H,1H3. The second-order valence-electron chi connectivity index (χ2n) is 1.61. The molecule has 0 saturated heterocycles. The van der Waals surface area contributed by atoms with Gasteiger partial charge in [0, 0.05) is 0 Å². The Labute approximate surface area is 48.7 Å². The maximum atomic E-state index is 8.76. The van der Waals surface area contributed by atoms with Crippen molar-refractivity contribution in [1.29, 1.82) is 0 Å². The molecule has 1 radical (unpaired) electrons. The Balaban J connectivity index is 2.61. The summed E-state index contributed by atoms with van der Waals surface area (Å²) in [5.74, 6) is 10.3. The Bertz CT molecular complexity index is 174. The first-order valence-corrected chi connectivity index (χ1v) is 2.34. The minimum absolute atomic E-state index is 0.185. The van der Waals surface area contributed by atoms with E-state index in [1.165, 1.54) is 0 Å². The summed E-state index contributed by atoms with van der Waals surface area (Å²) in [5.41, 5.74) is 0. The van der Waals surface area contributed by atoms with Gasteiger partial charge in [-0.3, -0.25) is 0 Å². The lowest BCUT2D eigenvalue weighted by Gasteiger charge is -2.00. The Morgan fingerprint density at radius 1 is 1.38 bits per heavy atom. The van der Waals surface area contributed by atoms with Crippen LogP contribution in [0.5, 0.6) is 0 Å². The van der Waals surface area contributed by atoms with Gasteiger partial charge >= 0.3 is 0 Å². The Morgan fingerprint density at radius 2 is 1.88 bits per heavy atom. The zero-order valence-corrected chi connectivity index (χ0v) is 4.52. The zero-order valence-electron chi connectivity index (χ0n) is 4.52. The first-order valence-electron chi connectivity index (χ1n) is 2.34. The molecule has 1 nitrogen and oxygen atoms in total. The fourth-order valence-corrected chi connectivity index (χ4v) is 0.461. The summed E-state index contributed by atoms with van der Waals surface area (Å²) in [6, 6.07) is 0. The van der Waals surface area contributed by atoms with Gasteiger partial charge in [0.1, 0.15) is 12.0 Å². The summed E-state index contributed by atoms with van der Waals surface area (Å²) in [6.07, 6.45) is 0.294. The highest BCUT2D eigenvalue weighted by molar-refractivity contribution is 5.40. The van der Waals surface area contributed by atoms with Crippen LogP contribution >= 0.6 is 0 Å². The quantitative estimate of drug-likeness (QED) is 0.483. The van der Waals surface area contributed by atoms with Crippen LogP contribution in [-0.4, -0.2) is 5.11 Å². The molecule has 0 spiro atoms. The number of rotatable bonds is 1. The third-order valence-electron chi connectivity index (χ3n) is 0.913. The number of hydrogen-bond acceptors (Lipinski definition) is 1. The lowest BCUT2D eigenvalue weighted by Crippen LogP contribution is -2.01. The van der Waals surface area contributed by atoms with Crippen molar-refractivity contribution in [2.24, 2.45) is 5.92 Å². The van der Waals surface area contributed by atoms with Gasteiger partial charge in [-0.2, -0.15) is 0 Å². The molecule has 0 heterocycles. The molecular formula is C7H5O. The number of aliphatic hydroxyl groups excluding tert-OH is 1. The van der Waals surface area contributed by atoms with Crippen LogP contribution in [0.15, 0.2) is 0 Å². The molecule has 8 heavy (non-hydrogen) atoms. The van der Waals surface area contributed by atoms with Gasteiger partial charge in [-0.05, 0) is 18.8 Å². The molecule has 0 amide bonds. The van der Waals surface area contributed by atoms with Crippen molar-refractivity contribution in [2.45, 2.75) is 6.92 Å². The van der Waals surface area contributed by atoms with E-state index in [2.05, 4.69) is 23.7 Å².